The summed E-state index contributed by atoms with van der Waals surface area (Å²) in [5, 5.41) is 28.5. The molecule has 1 aromatic rings. The Morgan fingerprint density at radius 3 is 2.80 bits per heavy atom. The minimum atomic E-state index is -1.20. The normalized spacial score (nSPS) is 11.8. The first kappa shape index (κ1) is 15.4. The molecule has 0 aliphatic rings. The van der Waals surface area contributed by atoms with E-state index >= 15 is 0 Å². The molecular formula is C14H14N2O4. The summed E-state index contributed by atoms with van der Waals surface area (Å²) in [4.78, 5) is 22.3. The number of nitrogens with zero attached hydrogens (tertiary/aromatic N) is 1. The number of carboxylic acids is 1. The van der Waals surface area contributed by atoms with Crippen molar-refractivity contribution in [1.82, 2.24) is 5.32 Å². The average Bonchev–Trinajstić information content (AvgIpc) is 2.44. The molecule has 0 saturated carbocycles. The van der Waals surface area contributed by atoms with Crippen molar-refractivity contribution >= 4 is 18.0 Å². The molecule has 104 valence electrons. The van der Waals surface area contributed by atoms with Crippen molar-refractivity contribution in [1.29, 1.82) is 5.26 Å². The van der Waals surface area contributed by atoms with E-state index < -0.39 is 17.9 Å². The number of nitriles is 1. The predicted molar refractivity (Wildman–Crippen MR) is 71.5 cm³/mol. The Bertz CT molecular complexity index is 561. The van der Waals surface area contributed by atoms with Gasteiger partial charge in [-0.25, -0.2) is 4.79 Å². The van der Waals surface area contributed by atoms with E-state index in [2.05, 4.69) is 5.32 Å². The van der Waals surface area contributed by atoms with Gasteiger partial charge >= 0.3 is 5.97 Å². The molecular weight excluding hydrogens is 260 g/mol. The van der Waals surface area contributed by atoms with Crippen LogP contribution >= 0.6 is 0 Å². The monoisotopic (exact) mass is 274 g/mol. The second-order valence-corrected chi connectivity index (χ2v) is 3.98. The number of carbonyl (C=O) groups is 2. The Kier molecular flexibility index (Phi) is 5.94. The topological polar surface area (TPSA) is 110 Å². The van der Waals surface area contributed by atoms with E-state index in [1.165, 1.54) is 12.2 Å². The van der Waals surface area contributed by atoms with Crippen LogP contribution in [0.2, 0.25) is 0 Å². The zero-order valence-corrected chi connectivity index (χ0v) is 10.6. The van der Waals surface area contributed by atoms with Crippen LogP contribution in [-0.4, -0.2) is 34.7 Å². The maximum atomic E-state index is 11.6. The van der Waals surface area contributed by atoms with Crippen LogP contribution in [0.3, 0.4) is 0 Å². The number of nitrogens with one attached hydrogen (secondary N) is 1. The molecule has 0 aliphatic carbocycles. The van der Waals surface area contributed by atoms with Crippen LogP contribution in [0.15, 0.2) is 30.3 Å². The number of rotatable bonds is 6. The summed E-state index contributed by atoms with van der Waals surface area (Å²) in [5.74, 6) is -1.78. The van der Waals surface area contributed by atoms with Gasteiger partial charge in [-0.1, -0.05) is 12.1 Å². The average molecular weight is 274 g/mol. The molecule has 3 N–H and O–H groups in total. The fraction of sp³-hybridized carbons (Fsp3) is 0.214. The maximum absolute atomic E-state index is 11.6. The van der Waals surface area contributed by atoms with Crippen molar-refractivity contribution in [3.63, 3.8) is 0 Å². The molecule has 0 bridgehead atoms. The van der Waals surface area contributed by atoms with Crippen LogP contribution < -0.4 is 5.32 Å². The van der Waals surface area contributed by atoms with E-state index in [1.807, 2.05) is 6.07 Å². The van der Waals surface area contributed by atoms with Crippen LogP contribution in [-0.2, 0) is 9.59 Å². The highest BCUT2D eigenvalue weighted by molar-refractivity contribution is 5.94. The van der Waals surface area contributed by atoms with Crippen molar-refractivity contribution in [3.05, 3.63) is 41.5 Å². The third kappa shape index (κ3) is 4.92. The molecule has 1 atom stereocenters. The molecule has 0 saturated heterocycles. The van der Waals surface area contributed by atoms with Crippen molar-refractivity contribution in [2.45, 2.75) is 12.5 Å². The number of aliphatic carboxylic acids is 1. The highest BCUT2D eigenvalue weighted by Gasteiger charge is 2.17. The number of hydrogen-bond acceptors (Lipinski definition) is 4. The van der Waals surface area contributed by atoms with Crippen LogP contribution in [0, 0.1) is 11.3 Å². The summed E-state index contributed by atoms with van der Waals surface area (Å²) in [6.45, 7) is -0.328. The van der Waals surface area contributed by atoms with Crippen molar-refractivity contribution in [2.24, 2.45) is 0 Å². The Morgan fingerprint density at radius 2 is 2.20 bits per heavy atom. The van der Waals surface area contributed by atoms with Crippen LogP contribution in [0.1, 0.15) is 17.5 Å². The van der Waals surface area contributed by atoms with E-state index in [0.29, 0.717) is 11.1 Å². The Morgan fingerprint density at radius 1 is 1.45 bits per heavy atom. The highest BCUT2D eigenvalue weighted by Crippen LogP contribution is 2.06. The standard InChI is InChI=1S/C14H14N2O4/c15-9-11-3-1-2-10(8-11)4-5-13(18)16-12(6-7-17)14(19)20/h1-5,8,12,17H,6-7H2,(H,16,18)(H,19,20). The fourth-order valence-electron chi connectivity index (χ4n) is 1.49. The molecule has 1 rings (SSSR count). The van der Waals surface area contributed by atoms with E-state index in [0.717, 1.165) is 0 Å². The first-order valence-electron chi connectivity index (χ1n) is 5.89. The number of hydrogen-bond donors (Lipinski definition) is 3. The molecule has 0 heterocycles. The van der Waals surface area contributed by atoms with E-state index in [-0.39, 0.29) is 13.0 Å². The van der Waals surface area contributed by atoms with Crippen LogP contribution in [0.25, 0.3) is 6.08 Å². The first-order chi connectivity index (χ1) is 9.56. The second kappa shape index (κ2) is 7.71. The predicted octanol–water partition coefficient (Wildman–Crippen LogP) is 0.523. The molecule has 0 aliphatic heterocycles. The minimum absolute atomic E-state index is 0.0567. The van der Waals surface area contributed by atoms with Gasteiger partial charge in [0.1, 0.15) is 6.04 Å². The maximum Gasteiger partial charge on any atom is 0.326 e. The van der Waals surface area contributed by atoms with E-state index in [9.17, 15) is 9.59 Å². The number of amides is 1. The van der Waals surface area contributed by atoms with Crippen molar-refractivity contribution < 1.29 is 19.8 Å². The number of aliphatic hydroxyl groups excluding tert-OH is 1. The van der Waals surface area contributed by atoms with Gasteiger partial charge < -0.3 is 15.5 Å². The van der Waals surface area contributed by atoms with Gasteiger partial charge in [0, 0.05) is 19.1 Å². The van der Waals surface area contributed by atoms with Gasteiger partial charge in [-0.3, -0.25) is 4.79 Å². The summed E-state index contributed by atoms with van der Waals surface area (Å²) in [7, 11) is 0. The van der Waals surface area contributed by atoms with E-state index in [1.54, 1.807) is 24.3 Å². The molecule has 0 fully saturated rings. The summed E-state index contributed by atoms with van der Waals surface area (Å²) in [6, 6.07) is 7.50. The molecule has 1 amide bonds. The number of carbonyl (C=O) groups excluding carboxylic acids is 1. The molecule has 1 aromatic carbocycles. The number of carboxylic acid groups (broad SMARTS) is 1. The van der Waals surface area contributed by atoms with Crippen LogP contribution in [0.4, 0.5) is 0 Å². The molecule has 20 heavy (non-hydrogen) atoms. The lowest BCUT2D eigenvalue weighted by molar-refractivity contribution is -0.141. The molecule has 1 unspecified atom stereocenters. The smallest absolute Gasteiger partial charge is 0.326 e. The molecule has 0 spiro atoms. The van der Waals surface area contributed by atoms with Gasteiger partial charge in [0.2, 0.25) is 5.91 Å². The zero-order chi connectivity index (χ0) is 15.0. The third-order valence-electron chi connectivity index (χ3n) is 2.48. The van der Waals surface area contributed by atoms with Gasteiger partial charge in [0.25, 0.3) is 0 Å². The fourth-order valence-corrected chi connectivity index (χ4v) is 1.49. The quantitative estimate of drug-likeness (QED) is 0.655. The lowest BCUT2D eigenvalue weighted by Crippen LogP contribution is -2.40. The van der Waals surface area contributed by atoms with Gasteiger partial charge in [-0.15, -0.1) is 0 Å². The van der Waals surface area contributed by atoms with Crippen molar-refractivity contribution in [2.75, 3.05) is 6.61 Å². The zero-order valence-electron chi connectivity index (χ0n) is 10.6. The molecule has 6 heteroatoms. The van der Waals surface area contributed by atoms with Crippen molar-refractivity contribution in [3.8, 4) is 6.07 Å². The minimum Gasteiger partial charge on any atom is -0.480 e. The van der Waals surface area contributed by atoms with Gasteiger partial charge in [0.15, 0.2) is 0 Å². The van der Waals surface area contributed by atoms with Gasteiger partial charge in [-0.2, -0.15) is 5.26 Å². The Balaban J connectivity index is 2.67. The third-order valence-corrected chi connectivity index (χ3v) is 2.48. The number of benzene rings is 1. The summed E-state index contributed by atoms with van der Waals surface area (Å²) < 4.78 is 0. The lowest BCUT2D eigenvalue weighted by atomic mass is 10.1. The van der Waals surface area contributed by atoms with Gasteiger partial charge in [0.05, 0.1) is 11.6 Å². The lowest BCUT2D eigenvalue weighted by Gasteiger charge is -2.11. The number of aliphatic hydroxyl groups is 1. The molecule has 0 aromatic heterocycles. The van der Waals surface area contributed by atoms with Gasteiger partial charge in [-0.05, 0) is 23.8 Å². The highest BCUT2D eigenvalue weighted by atomic mass is 16.4. The van der Waals surface area contributed by atoms with Crippen LogP contribution in [0.5, 0.6) is 0 Å². The van der Waals surface area contributed by atoms with E-state index in [4.69, 9.17) is 15.5 Å². The summed E-state index contributed by atoms with van der Waals surface area (Å²) in [5.41, 5.74) is 1.13. The summed E-state index contributed by atoms with van der Waals surface area (Å²) >= 11 is 0. The largest absolute Gasteiger partial charge is 0.480 e. The second-order valence-electron chi connectivity index (χ2n) is 3.98. The molecule has 0 radical (unpaired) electrons. The molecule has 6 nitrogen and oxygen atoms in total. The Labute approximate surface area is 116 Å². The first-order valence-corrected chi connectivity index (χ1v) is 5.89. The summed E-state index contributed by atoms with van der Waals surface area (Å²) in [6.07, 6.45) is 2.61. The SMILES string of the molecule is N#Cc1cccc(C=CC(=O)NC(CCO)C(=O)O)c1. The Hall–Kier alpha value is -2.65.